The van der Waals surface area contributed by atoms with Gasteiger partial charge in [-0.25, -0.2) is 4.98 Å². The summed E-state index contributed by atoms with van der Waals surface area (Å²) in [6, 6.07) is 14.0. The molecule has 0 unspecified atom stereocenters. The SMILES string of the molecule is COc1cc(CNCc2cc3ccc(Cl)cc3nc2-c2ccsc2)cc(OC)c1OC. The molecular formula is C24H23ClN2O3S. The monoisotopic (exact) mass is 454 g/mol. The second-order valence-corrected chi connectivity index (χ2v) is 8.20. The molecule has 0 aliphatic heterocycles. The molecular weight excluding hydrogens is 432 g/mol. The number of fused-ring (bicyclic) bond motifs is 1. The molecule has 31 heavy (non-hydrogen) atoms. The zero-order valence-corrected chi connectivity index (χ0v) is 19.1. The molecule has 5 nitrogen and oxygen atoms in total. The Morgan fingerprint density at radius 2 is 1.71 bits per heavy atom. The number of nitrogens with one attached hydrogen (secondary N) is 1. The van der Waals surface area contributed by atoms with Gasteiger partial charge in [0.25, 0.3) is 0 Å². The summed E-state index contributed by atoms with van der Waals surface area (Å²) in [5.74, 6) is 1.87. The minimum atomic E-state index is 0.589. The number of benzene rings is 2. The molecule has 2 aromatic carbocycles. The first-order chi connectivity index (χ1) is 15.1. The molecule has 2 aromatic heterocycles. The Morgan fingerprint density at radius 3 is 2.35 bits per heavy atom. The van der Waals surface area contributed by atoms with Crippen LogP contribution in [-0.2, 0) is 13.1 Å². The first-order valence-corrected chi connectivity index (χ1v) is 11.1. The van der Waals surface area contributed by atoms with Crippen LogP contribution in [0.4, 0.5) is 0 Å². The van der Waals surface area contributed by atoms with Crippen molar-refractivity contribution in [1.29, 1.82) is 0 Å². The third kappa shape index (κ3) is 4.61. The van der Waals surface area contributed by atoms with E-state index in [-0.39, 0.29) is 0 Å². The van der Waals surface area contributed by atoms with Gasteiger partial charge in [0.1, 0.15) is 0 Å². The van der Waals surface area contributed by atoms with Gasteiger partial charge in [-0.3, -0.25) is 0 Å². The molecule has 0 spiro atoms. The quantitative estimate of drug-likeness (QED) is 0.357. The Morgan fingerprint density at radius 1 is 0.935 bits per heavy atom. The highest BCUT2D eigenvalue weighted by Gasteiger charge is 2.14. The van der Waals surface area contributed by atoms with E-state index in [0.29, 0.717) is 35.4 Å². The lowest BCUT2D eigenvalue weighted by molar-refractivity contribution is 0.323. The van der Waals surface area contributed by atoms with Gasteiger partial charge in [0.15, 0.2) is 11.5 Å². The van der Waals surface area contributed by atoms with E-state index in [1.54, 1.807) is 32.7 Å². The van der Waals surface area contributed by atoms with Crippen LogP contribution in [0.5, 0.6) is 17.2 Å². The predicted molar refractivity (Wildman–Crippen MR) is 127 cm³/mol. The summed E-state index contributed by atoms with van der Waals surface area (Å²) in [6.07, 6.45) is 0. The van der Waals surface area contributed by atoms with E-state index in [2.05, 4.69) is 28.2 Å². The molecule has 2 heterocycles. The molecule has 0 amide bonds. The van der Waals surface area contributed by atoms with Gasteiger partial charge < -0.3 is 19.5 Å². The number of thiophene rings is 1. The number of hydrogen-bond acceptors (Lipinski definition) is 6. The van der Waals surface area contributed by atoms with Crippen molar-refractivity contribution in [1.82, 2.24) is 10.3 Å². The van der Waals surface area contributed by atoms with E-state index in [1.807, 2.05) is 30.3 Å². The smallest absolute Gasteiger partial charge is 0.203 e. The Hall–Kier alpha value is -2.80. The topological polar surface area (TPSA) is 52.6 Å². The Bertz CT molecular complexity index is 1170. The standard InChI is InChI=1S/C24H23ClN2O3S/c1-28-21-8-15(9-22(29-2)24(21)30-3)12-26-13-18-10-16-4-5-19(25)11-20(16)27-23(18)17-6-7-31-14-17/h4-11,14,26H,12-13H2,1-3H3. The van der Waals surface area contributed by atoms with Crippen LogP contribution in [0.3, 0.4) is 0 Å². The van der Waals surface area contributed by atoms with Crippen LogP contribution in [-0.4, -0.2) is 26.3 Å². The van der Waals surface area contributed by atoms with E-state index >= 15 is 0 Å². The Labute approximate surface area is 190 Å². The van der Waals surface area contributed by atoms with Crippen LogP contribution in [0.1, 0.15) is 11.1 Å². The Kier molecular flexibility index (Phi) is 6.61. The van der Waals surface area contributed by atoms with E-state index in [0.717, 1.165) is 33.3 Å². The maximum Gasteiger partial charge on any atom is 0.203 e. The zero-order valence-electron chi connectivity index (χ0n) is 17.6. The van der Waals surface area contributed by atoms with Crippen molar-refractivity contribution < 1.29 is 14.2 Å². The molecule has 7 heteroatoms. The molecule has 4 aromatic rings. The maximum atomic E-state index is 6.18. The average Bonchev–Trinajstić information content (AvgIpc) is 3.32. The molecule has 1 N–H and O–H groups in total. The summed E-state index contributed by atoms with van der Waals surface area (Å²) in [5, 5.41) is 9.44. The van der Waals surface area contributed by atoms with Crippen LogP contribution in [0.2, 0.25) is 5.02 Å². The van der Waals surface area contributed by atoms with Crippen molar-refractivity contribution in [2.75, 3.05) is 21.3 Å². The van der Waals surface area contributed by atoms with Crippen LogP contribution in [0.15, 0.2) is 53.2 Å². The van der Waals surface area contributed by atoms with Gasteiger partial charge in [0, 0.05) is 34.4 Å². The lowest BCUT2D eigenvalue weighted by Crippen LogP contribution is -2.14. The number of methoxy groups -OCH3 is 3. The number of rotatable bonds is 8. The van der Waals surface area contributed by atoms with E-state index < -0.39 is 0 Å². The molecule has 0 aliphatic rings. The third-order valence-electron chi connectivity index (χ3n) is 5.02. The summed E-state index contributed by atoms with van der Waals surface area (Å²) in [5.41, 5.74) is 5.12. The fourth-order valence-electron chi connectivity index (χ4n) is 3.55. The summed E-state index contributed by atoms with van der Waals surface area (Å²) in [4.78, 5) is 4.91. The van der Waals surface area contributed by atoms with Crippen molar-refractivity contribution in [2.24, 2.45) is 0 Å². The van der Waals surface area contributed by atoms with Gasteiger partial charge in [-0.1, -0.05) is 17.7 Å². The number of aromatic nitrogens is 1. The number of halogens is 1. The highest BCUT2D eigenvalue weighted by molar-refractivity contribution is 7.08. The lowest BCUT2D eigenvalue weighted by atomic mass is 10.0. The highest BCUT2D eigenvalue weighted by atomic mass is 35.5. The normalized spacial score (nSPS) is 11.0. The second kappa shape index (κ2) is 9.56. The van der Waals surface area contributed by atoms with Crippen LogP contribution < -0.4 is 19.5 Å². The Balaban J connectivity index is 1.61. The largest absolute Gasteiger partial charge is 0.493 e. The summed E-state index contributed by atoms with van der Waals surface area (Å²) < 4.78 is 16.3. The minimum absolute atomic E-state index is 0.589. The molecule has 0 saturated carbocycles. The first kappa shape index (κ1) is 21.4. The van der Waals surface area contributed by atoms with Gasteiger partial charge >= 0.3 is 0 Å². The van der Waals surface area contributed by atoms with Crippen LogP contribution in [0, 0.1) is 0 Å². The number of hydrogen-bond donors (Lipinski definition) is 1. The third-order valence-corrected chi connectivity index (χ3v) is 5.94. The van der Waals surface area contributed by atoms with E-state index in [4.69, 9.17) is 30.8 Å². The van der Waals surface area contributed by atoms with Gasteiger partial charge in [-0.15, -0.1) is 0 Å². The molecule has 0 aliphatic carbocycles. The molecule has 4 rings (SSSR count). The summed E-state index contributed by atoms with van der Waals surface area (Å²) in [6.45, 7) is 1.30. The second-order valence-electron chi connectivity index (χ2n) is 6.98. The molecule has 0 fully saturated rings. The van der Waals surface area contributed by atoms with E-state index in [9.17, 15) is 0 Å². The van der Waals surface area contributed by atoms with Gasteiger partial charge in [-0.2, -0.15) is 11.3 Å². The average molecular weight is 455 g/mol. The highest BCUT2D eigenvalue weighted by Crippen LogP contribution is 2.38. The first-order valence-electron chi connectivity index (χ1n) is 9.74. The minimum Gasteiger partial charge on any atom is -0.493 e. The fourth-order valence-corrected chi connectivity index (χ4v) is 4.35. The summed E-state index contributed by atoms with van der Waals surface area (Å²) in [7, 11) is 4.84. The fraction of sp³-hybridized carbons (Fsp3) is 0.208. The number of pyridine rings is 1. The van der Waals surface area contributed by atoms with Gasteiger partial charge in [0.05, 0.1) is 32.5 Å². The van der Waals surface area contributed by atoms with Crippen LogP contribution >= 0.6 is 22.9 Å². The van der Waals surface area contributed by atoms with Gasteiger partial charge in [-0.05, 0) is 52.9 Å². The molecule has 0 radical (unpaired) electrons. The van der Waals surface area contributed by atoms with Crippen molar-refractivity contribution >= 4 is 33.8 Å². The predicted octanol–water partition coefficient (Wildman–Crippen LogP) is 5.93. The maximum absolute atomic E-state index is 6.18. The molecule has 0 atom stereocenters. The van der Waals surface area contributed by atoms with Crippen molar-refractivity contribution in [3.8, 4) is 28.5 Å². The molecule has 160 valence electrons. The van der Waals surface area contributed by atoms with E-state index in [1.165, 1.54) is 0 Å². The number of ether oxygens (including phenoxy) is 3. The molecule has 0 saturated heterocycles. The van der Waals surface area contributed by atoms with Crippen molar-refractivity contribution in [3.05, 3.63) is 69.4 Å². The van der Waals surface area contributed by atoms with Crippen molar-refractivity contribution in [2.45, 2.75) is 13.1 Å². The number of nitrogens with zero attached hydrogens (tertiary/aromatic N) is 1. The zero-order chi connectivity index (χ0) is 21.8. The summed E-state index contributed by atoms with van der Waals surface area (Å²) >= 11 is 7.84. The molecule has 0 bridgehead atoms. The van der Waals surface area contributed by atoms with Gasteiger partial charge in [0.2, 0.25) is 5.75 Å². The lowest BCUT2D eigenvalue weighted by Gasteiger charge is -2.15. The van der Waals surface area contributed by atoms with Crippen molar-refractivity contribution in [3.63, 3.8) is 0 Å². The van der Waals surface area contributed by atoms with Crippen LogP contribution in [0.25, 0.3) is 22.2 Å².